The van der Waals surface area contributed by atoms with Crippen LogP contribution in [0.25, 0.3) is 0 Å². The van der Waals surface area contributed by atoms with Crippen LogP contribution in [0.5, 0.6) is 0 Å². The van der Waals surface area contributed by atoms with Gasteiger partial charge in [0.1, 0.15) is 16.8 Å². The highest BCUT2D eigenvalue weighted by Crippen LogP contribution is 2.22. The molecule has 1 heterocycles. The minimum absolute atomic E-state index is 0.0431. The Hall–Kier alpha value is -1.34. The van der Waals surface area contributed by atoms with Crippen LogP contribution in [-0.4, -0.2) is 23.6 Å². The van der Waals surface area contributed by atoms with Crippen molar-refractivity contribution >= 4 is 17.4 Å². The molecular weight excluding hydrogens is 224 g/mol. The van der Waals surface area contributed by atoms with E-state index >= 15 is 0 Å². The van der Waals surface area contributed by atoms with Gasteiger partial charge >= 0.3 is 0 Å². The molecule has 1 aromatic rings. The Morgan fingerprint density at radius 3 is 2.62 bits per heavy atom. The lowest BCUT2D eigenvalue weighted by Gasteiger charge is -2.21. The van der Waals surface area contributed by atoms with E-state index in [1.165, 1.54) is 0 Å². The average Bonchev–Trinajstić information content (AvgIpc) is 2.22. The predicted octanol–water partition coefficient (Wildman–Crippen LogP) is 2.34. The third-order valence-electron chi connectivity index (χ3n) is 2.30. The number of aryl methyl sites for hydroxylation is 1. The van der Waals surface area contributed by atoms with Crippen LogP contribution in [0.2, 0.25) is 5.15 Å². The van der Waals surface area contributed by atoms with Gasteiger partial charge in [-0.2, -0.15) is 5.26 Å². The lowest BCUT2D eigenvalue weighted by molar-refractivity contribution is 0.706. The van der Waals surface area contributed by atoms with Gasteiger partial charge in [0.15, 0.2) is 0 Å². The standard InChI is InChI=1S/C11H15ClN4/c1-7(5-13)6-16(4)11-8(2)10(12)14-9(3)15-11/h7H,6H2,1-4H3. The van der Waals surface area contributed by atoms with E-state index in [0.717, 1.165) is 11.4 Å². The molecule has 0 aliphatic rings. The summed E-state index contributed by atoms with van der Waals surface area (Å²) in [7, 11) is 1.90. The molecule has 5 heteroatoms. The summed E-state index contributed by atoms with van der Waals surface area (Å²) in [4.78, 5) is 10.4. The van der Waals surface area contributed by atoms with Gasteiger partial charge in [0.2, 0.25) is 0 Å². The molecule has 0 aliphatic carbocycles. The van der Waals surface area contributed by atoms with Gasteiger partial charge < -0.3 is 4.90 Å². The molecule has 0 aliphatic heterocycles. The number of nitrogens with zero attached hydrogens (tertiary/aromatic N) is 4. The van der Waals surface area contributed by atoms with Crippen LogP contribution in [0.15, 0.2) is 0 Å². The van der Waals surface area contributed by atoms with E-state index in [9.17, 15) is 0 Å². The molecule has 1 aromatic heterocycles. The van der Waals surface area contributed by atoms with Crippen molar-refractivity contribution < 1.29 is 0 Å². The number of aromatic nitrogens is 2. The lowest BCUT2D eigenvalue weighted by atomic mass is 10.2. The number of anilines is 1. The minimum Gasteiger partial charge on any atom is -0.358 e. The largest absolute Gasteiger partial charge is 0.358 e. The summed E-state index contributed by atoms with van der Waals surface area (Å²) >= 11 is 5.99. The molecule has 0 N–H and O–H groups in total. The molecule has 4 nitrogen and oxygen atoms in total. The van der Waals surface area contributed by atoms with E-state index in [1.807, 2.05) is 25.8 Å². The van der Waals surface area contributed by atoms with Crippen molar-refractivity contribution in [2.24, 2.45) is 5.92 Å². The first-order valence-electron chi connectivity index (χ1n) is 5.07. The molecule has 0 amide bonds. The van der Waals surface area contributed by atoms with Crippen molar-refractivity contribution in [2.75, 3.05) is 18.5 Å². The molecule has 0 radical (unpaired) electrons. The Kier molecular flexibility index (Phi) is 4.08. The molecule has 0 bridgehead atoms. The molecule has 86 valence electrons. The number of halogens is 1. The number of nitriles is 1. The van der Waals surface area contributed by atoms with E-state index in [4.69, 9.17) is 16.9 Å². The van der Waals surface area contributed by atoms with E-state index in [0.29, 0.717) is 17.5 Å². The Morgan fingerprint density at radius 1 is 1.44 bits per heavy atom. The van der Waals surface area contributed by atoms with Gasteiger partial charge in [0.05, 0.1) is 12.0 Å². The SMILES string of the molecule is Cc1nc(Cl)c(C)c(N(C)CC(C)C#N)n1. The van der Waals surface area contributed by atoms with Crippen molar-refractivity contribution in [3.63, 3.8) is 0 Å². The zero-order valence-corrected chi connectivity index (χ0v) is 10.7. The molecule has 16 heavy (non-hydrogen) atoms. The molecule has 1 atom stereocenters. The van der Waals surface area contributed by atoms with Crippen molar-refractivity contribution in [3.05, 3.63) is 16.5 Å². The maximum absolute atomic E-state index is 8.77. The van der Waals surface area contributed by atoms with Crippen molar-refractivity contribution in [1.82, 2.24) is 9.97 Å². The number of rotatable bonds is 3. The van der Waals surface area contributed by atoms with Gasteiger partial charge in [-0.25, -0.2) is 9.97 Å². The van der Waals surface area contributed by atoms with E-state index in [2.05, 4.69) is 16.0 Å². The van der Waals surface area contributed by atoms with Gasteiger partial charge in [-0.05, 0) is 20.8 Å². The van der Waals surface area contributed by atoms with Crippen LogP contribution >= 0.6 is 11.6 Å². The Labute approximate surface area is 101 Å². The van der Waals surface area contributed by atoms with Crippen LogP contribution < -0.4 is 4.90 Å². The second-order valence-electron chi connectivity index (χ2n) is 3.92. The maximum atomic E-state index is 8.77. The third kappa shape index (κ3) is 2.83. The fourth-order valence-corrected chi connectivity index (χ4v) is 1.70. The van der Waals surface area contributed by atoms with E-state index in [1.54, 1.807) is 6.92 Å². The van der Waals surface area contributed by atoms with Crippen LogP contribution in [0.1, 0.15) is 18.3 Å². The summed E-state index contributed by atoms with van der Waals surface area (Å²) in [6.07, 6.45) is 0. The van der Waals surface area contributed by atoms with Gasteiger partial charge in [-0.1, -0.05) is 11.6 Å². The third-order valence-corrected chi connectivity index (χ3v) is 2.67. The summed E-state index contributed by atoms with van der Waals surface area (Å²) in [5, 5.41) is 9.24. The molecule has 0 saturated carbocycles. The first-order chi connectivity index (χ1) is 7.45. The van der Waals surface area contributed by atoms with Crippen molar-refractivity contribution in [1.29, 1.82) is 5.26 Å². The molecule has 0 aromatic carbocycles. The Balaban J connectivity index is 3.00. The molecular formula is C11H15ClN4. The lowest BCUT2D eigenvalue weighted by Crippen LogP contribution is -2.25. The highest BCUT2D eigenvalue weighted by atomic mass is 35.5. The van der Waals surface area contributed by atoms with Crippen LogP contribution in [0, 0.1) is 31.1 Å². The molecule has 0 spiro atoms. The highest BCUT2D eigenvalue weighted by Gasteiger charge is 2.13. The predicted molar refractivity (Wildman–Crippen MR) is 64.6 cm³/mol. The Bertz CT molecular complexity index is 425. The smallest absolute Gasteiger partial charge is 0.137 e. The van der Waals surface area contributed by atoms with Crippen LogP contribution in [-0.2, 0) is 0 Å². The molecule has 1 rings (SSSR count). The average molecular weight is 239 g/mol. The monoisotopic (exact) mass is 238 g/mol. The van der Waals surface area contributed by atoms with Crippen molar-refractivity contribution in [3.8, 4) is 6.07 Å². The fraction of sp³-hybridized carbons (Fsp3) is 0.545. The summed E-state index contributed by atoms with van der Waals surface area (Å²) < 4.78 is 0. The van der Waals surface area contributed by atoms with Crippen molar-refractivity contribution in [2.45, 2.75) is 20.8 Å². The van der Waals surface area contributed by atoms with Gasteiger partial charge in [-0.15, -0.1) is 0 Å². The van der Waals surface area contributed by atoms with Crippen LogP contribution in [0.3, 0.4) is 0 Å². The zero-order valence-electron chi connectivity index (χ0n) is 9.95. The van der Waals surface area contributed by atoms with Gasteiger partial charge in [0.25, 0.3) is 0 Å². The van der Waals surface area contributed by atoms with E-state index in [-0.39, 0.29) is 5.92 Å². The number of hydrogen-bond acceptors (Lipinski definition) is 4. The van der Waals surface area contributed by atoms with Crippen LogP contribution in [0.4, 0.5) is 5.82 Å². The number of hydrogen-bond donors (Lipinski definition) is 0. The molecule has 1 unspecified atom stereocenters. The fourth-order valence-electron chi connectivity index (χ4n) is 1.49. The summed E-state index contributed by atoms with van der Waals surface area (Å²) in [6, 6.07) is 2.20. The molecule has 0 saturated heterocycles. The second-order valence-corrected chi connectivity index (χ2v) is 4.28. The van der Waals surface area contributed by atoms with E-state index < -0.39 is 0 Å². The van der Waals surface area contributed by atoms with Gasteiger partial charge in [-0.3, -0.25) is 0 Å². The first kappa shape index (κ1) is 12.7. The normalized spacial score (nSPS) is 12.0. The maximum Gasteiger partial charge on any atom is 0.137 e. The summed E-state index contributed by atoms with van der Waals surface area (Å²) in [5.74, 6) is 1.39. The Morgan fingerprint density at radius 2 is 2.06 bits per heavy atom. The highest BCUT2D eigenvalue weighted by molar-refractivity contribution is 6.30. The second kappa shape index (κ2) is 5.13. The van der Waals surface area contributed by atoms with Gasteiger partial charge in [0, 0.05) is 19.2 Å². The summed E-state index contributed by atoms with van der Waals surface area (Å²) in [5.41, 5.74) is 0.847. The zero-order chi connectivity index (χ0) is 12.3. The first-order valence-corrected chi connectivity index (χ1v) is 5.45. The summed E-state index contributed by atoms with van der Waals surface area (Å²) in [6.45, 7) is 6.19. The molecule has 0 fully saturated rings. The topological polar surface area (TPSA) is 52.8 Å². The minimum atomic E-state index is -0.0431. The quantitative estimate of drug-likeness (QED) is 0.759.